The molecule has 1 aliphatic heterocycles. The minimum Gasteiger partial charge on any atom is -0.459 e. The Bertz CT molecular complexity index is 929. The predicted octanol–water partition coefficient (Wildman–Crippen LogP) is 3.29. The molecule has 2 fully saturated rings. The monoisotopic (exact) mass is 412 g/mol. The van der Waals surface area contributed by atoms with E-state index < -0.39 is 17.6 Å². The number of rotatable bonds is 4. The number of para-hydroxylation sites is 1. The van der Waals surface area contributed by atoms with Crippen molar-refractivity contribution in [2.45, 2.75) is 58.7 Å². The number of aromatic amines is 1. The molecule has 162 valence electrons. The lowest BCUT2D eigenvalue weighted by atomic mass is 9.72. The van der Waals surface area contributed by atoms with E-state index in [-0.39, 0.29) is 23.7 Å². The number of hydrogen-bond acceptors (Lipinski definition) is 4. The number of piperidine rings is 1. The van der Waals surface area contributed by atoms with E-state index in [9.17, 15) is 14.7 Å². The lowest BCUT2D eigenvalue weighted by molar-refractivity contribution is -0.173. The van der Waals surface area contributed by atoms with Gasteiger partial charge in [0.05, 0.1) is 11.5 Å². The molecule has 4 rings (SSSR count). The molecule has 2 aliphatic rings. The molecule has 30 heavy (non-hydrogen) atoms. The molecule has 0 spiro atoms. The van der Waals surface area contributed by atoms with Crippen LogP contribution in [0.1, 0.15) is 45.6 Å². The van der Waals surface area contributed by atoms with Crippen molar-refractivity contribution in [3.05, 3.63) is 36.0 Å². The number of carbonyl (C=O) groups is 2. The quantitative estimate of drug-likeness (QED) is 0.755. The fourth-order valence-electron chi connectivity index (χ4n) is 4.76. The van der Waals surface area contributed by atoms with Gasteiger partial charge in [0, 0.05) is 36.6 Å². The molecular formula is C24H32N2O4. The number of fused-ring (bicyclic) bond motifs is 2. The molecule has 0 unspecified atom stereocenters. The number of nitrogens with zero attached hydrogens (tertiary/aromatic N) is 1. The Morgan fingerprint density at radius 2 is 2.00 bits per heavy atom. The van der Waals surface area contributed by atoms with Crippen molar-refractivity contribution in [2.24, 2.45) is 17.3 Å². The third-order valence-electron chi connectivity index (χ3n) is 6.62. The first-order valence-corrected chi connectivity index (χ1v) is 10.9. The summed E-state index contributed by atoms with van der Waals surface area (Å²) in [5, 5.41) is 11.7. The number of hydrogen-bond donors (Lipinski definition) is 2. The summed E-state index contributed by atoms with van der Waals surface area (Å²) in [4.78, 5) is 30.3. The Hall–Kier alpha value is -2.34. The molecule has 0 bridgehead atoms. The first-order valence-electron chi connectivity index (χ1n) is 10.9. The molecule has 1 aliphatic carbocycles. The zero-order valence-electron chi connectivity index (χ0n) is 18.1. The third-order valence-corrected chi connectivity index (χ3v) is 6.62. The van der Waals surface area contributed by atoms with Crippen molar-refractivity contribution in [1.29, 1.82) is 0 Å². The Morgan fingerprint density at radius 3 is 2.77 bits per heavy atom. The van der Waals surface area contributed by atoms with Crippen LogP contribution in [0.5, 0.6) is 0 Å². The van der Waals surface area contributed by atoms with Gasteiger partial charge in [0.15, 0.2) is 0 Å². The number of amides is 1. The van der Waals surface area contributed by atoms with Gasteiger partial charge < -0.3 is 19.7 Å². The molecule has 6 heteroatoms. The van der Waals surface area contributed by atoms with E-state index in [4.69, 9.17) is 4.74 Å². The average Bonchev–Trinajstić information content (AvgIpc) is 3.10. The van der Waals surface area contributed by atoms with E-state index >= 15 is 0 Å². The predicted molar refractivity (Wildman–Crippen MR) is 115 cm³/mol. The van der Waals surface area contributed by atoms with Crippen LogP contribution >= 0.6 is 0 Å². The molecule has 1 aromatic heterocycles. The van der Waals surface area contributed by atoms with Crippen LogP contribution in [0.2, 0.25) is 0 Å². The summed E-state index contributed by atoms with van der Waals surface area (Å²) in [5.74, 6) is 0.301. The molecular weight excluding hydrogens is 380 g/mol. The fourth-order valence-corrected chi connectivity index (χ4v) is 4.76. The molecule has 1 aromatic carbocycles. The van der Waals surface area contributed by atoms with E-state index in [0.717, 1.165) is 11.9 Å². The minimum absolute atomic E-state index is 0.161. The van der Waals surface area contributed by atoms with Gasteiger partial charge in [-0.2, -0.15) is 0 Å². The van der Waals surface area contributed by atoms with E-state index in [1.54, 1.807) is 0 Å². The van der Waals surface area contributed by atoms with Gasteiger partial charge in [-0.15, -0.1) is 0 Å². The topological polar surface area (TPSA) is 82.6 Å². The maximum atomic E-state index is 12.7. The molecule has 2 heterocycles. The molecule has 4 atom stereocenters. The van der Waals surface area contributed by atoms with Gasteiger partial charge in [-0.1, -0.05) is 18.2 Å². The second-order valence-electron chi connectivity index (χ2n) is 9.91. The highest BCUT2D eigenvalue weighted by Gasteiger charge is 2.44. The van der Waals surface area contributed by atoms with Crippen molar-refractivity contribution in [3.63, 3.8) is 0 Å². The van der Waals surface area contributed by atoms with Crippen molar-refractivity contribution in [3.8, 4) is 0 Å². The van der Waals surface area contributed by atoms with Crippen LogP contribution in [-0.4, -0.2) is 52.2 Å². The lowest BCUT2D eigenvalue weighted by Crippen LogP contribution is -2.52. The van der Waals surface area contributed by atoms with Crippen LogP contribution in [-0.2, 0) is 20.7 Å². The summed E-state index contributed by atoms with van der Waals surface area (Å²) in [6, 6.07) is 8.20. The summed E-state index contributed by atoms with van der Waals surface area (Å²) < 4.78 is 5.65. The summed E-state index contributed by atoms with van der Waals surface area (Å²) in [6.45, 7) is 6.80. The standard InChI is InChI=1S/C24H32N2O4/c1-24(2,3)23(29)30-21-11-17-14-26(22(28)12-16(17)10-20(21)27)9-8-15-13-25-19-7-5-4-6-18(15)19/h4-7,13,16-17,20-21,25,27H,8-12,14H2,1-3H3/t16-,17-,20+,21-/m0/s1. The van der Waals surface area contributed by atoms with Crippen LogP contribution in [0.25, 0.3) is 10.9 Å². The number of likely N-dealkylation sites (tertiary alicyclic amines) is 1. The average molecular weight is 413 g/mol. The number of ether oxygens (including phenoxy) is 1. The Labute approximate surface area is 177 Å². The largest absolute Gasteiger partial charge is 0.459 e. The van der Waals surface area contributed by atoms with Gasteiger partial charge in [-0.05, 0) is 63.5 Å². The molecule has 2 N–H and O–H groups in total. The minimum atomic E-state index is -0.692. The first kappa shape index (κ1) is 20.9. The maximum absolute atomic E-state index is 12.7. The van der Waals surface area contributed by atoms with Crippen molar-refractivity contribution in [1.82, 2.24) is 9.88 Å². The van der Waals surface area contributed by atoms with E-state index in [1.165, 1.54) is 10.9 Å². The third kappa shape index (κ3) is 4.24. The number of aromatic nitrogens is 1. The van der Waals surface area contributed by atoms with Crippen LogP contribution in [0.3, 0.4) is 0 Å². The normalized spacial score (nSPS) is 27.2. The molecule has 6 nitrogen and oxygen atoms in total. The number of nitrogens with one attached hydrogen (secondary N) is 1. The summed E-state index contributed by atoms with van der Waals surface area (Å²) >= 11 is 0. The zero-order chi connectivity index (χ0) is 21.5. The van der Waals surface area contributed by atoms with E-state index in [0.29, 0.717) is 32.4 Å². The number of carbonyl (C=O) groups excluding carboxylic acids is 2. The number of H-pyrrole nitrogens is 1. The molecule has 1 amide bonds. The van der Waals surface area contributed by atoms with E-state index in [1.807, 2.05) is 44.0 Å². The van der Waals surface area contributed by atoms with Gasteiger partial charge in [-0.3, -0.25) is 9.59 Å². The number of aliphatic hydroxyl groups is 1. The first-order chi connectivity index (χ1) is 14.2. The fraction of sp³-hybridized carbons (Fsp3) is 0.583. The Morgan fingerprint density at radius 1 is 1.23 bits per heavy atom. The molecule has 1 saturated carbocycles. The Kier molecular flexibility index (Phi) is 5.62. The Balaban J connectivity index is 1.39. The van der Waals surface area contributed by atoms with Crippen LogP contribution in [0.4, 0.5) is 0 Å². The van der Waals surface area contributed by atoms with Crippen molar-refractivity contribution in [2.75, 3.05) is 13.1 Å². The molecule has 2 aromatic rings. The second kappa shape index (κ2) is 8.06. The van der Waals surface area contributed by atoms with Crippen LogP contribution in [0, 0.1) is 17.3 Å². The number of esters is 1. The lowest BCUT2D eigenvalue weighted by Gasteiger charge is -2.45. The summed E-state index contributed by atoms with van der Waals surface area (Å²) in [5.41, 5.74) is 1.74. The highest BCUT2D eigenvalue weighted by molar-refractivity contribution is 5.83. The van der Waals surface area contributed by atoms with Crippen molar-refractivity contribution < 1.29 is 19.4 Å². The summed E-state index contributed by atoms with van der Waals surface area (Å²) in [6.07, 6.45) is 3.26. The van der Waals surface area contributed by atoms with E-state index in [2.05, 4.69) is 17.1 Å². The number of benzene rings is 1. The van der Waals surface area contributed by atoms with Crippen LogP contribution in [0.15, 0.2) is 30.5 Å². The highest BCUT2D eigenvalue weighted by atomic mass is 16.6. The molecule has 1 saturated heterocycles. The highest BCUT2D eigenvalue weighted by Crippen LogP contribution is 2.39. The zero-order valence-corrected chi connectivity index (χ0v) is 18.1. The van der Waals surface area contributed by atoms with Gasteiger partial charge in [0.1, 0.15) is 6.10 Å². The van der Waals surface area contributed by atoms with Gasteiger partial charge >= 0.3 is 5.97 Å². The van der Waals surface area contributed by atoms with Gasteiger partial charge in [0.25, 0.3) is 0 Å². The van der Waals surface area contributed by atoms with Crippen LogP contribution < -0.4 is 0 Å². The molecule has 0 radical (unpaired) electrons. The number of aliphatic hydroxyl groups excluding tert-OH is 1. The maximum Gasteiger partial charge on any atom is 0.311 e. The van der Waals surface area contributed by atoms with Crippen molar-refractivity contribution >= 4 is 22.8 Å². The second-order valence-corrected chi connectivity index (χ2v) is 9.91. The van der Waals surface area contributed by atoms with Gasteiger partial charge in [-0.25, -0.2) is 0 Å². The summed E-state index contributed by atoms with van der Waals surface area (Å²) in [7, 11) is 0. The SMILES string of the molecule is CC(C)(C)C(=O)O[C@H]1C[C@H]2CN(CCc3c[nH]c4ccccc34)C(=O)C[C@@H]2C[C@H]1O. The van der Waals surface area contributed by atoms with Gasteiger partial charge in [0.2, 0.25) is 5.91 Å². The smallest absolute Gasteiger partial charge is 0.311 e.